The monoisotopic (exact) mass is 720 g/mol. The molecule has 0 bridgehead atoms. The number of nitrogens with zero attached hydrogens (tertiary/aromatic N) is 2. The standard InChI is InChI=1S/C28H37N2O18P/c1-13(15-7-3-5-9-17(15)29(38)39)47-49(42,48-14(2)16-8-4-6-10-18(16)30(40)41)43-12-20-22(33)24(35)26(37)28(45-20)46-27-25(36)23(34)21(32)19(11-31)44-27/h3-10,13-14,19-28,31-37H,11-12H2,1-2H3/t13?,14?,19?,20?,21-,22-,23?,24+,25?,26?,27-,28-,49?/m1/s1. The summed E-state index contributed by atoms with van der Waals surface area (Å²) >= 11 is 0. The molecule has 20 nitrogen and oxygen atoms in total. The first-order valence-corrected chi connectivity index (χ1v) is 16.3. The lowest BCUT2D eigenvalue weighted by Gasteiger charge is -2.44. The Balaban J connectivity index is 1.58. The van der Waals surface area contributed by atoms with Gasteiger partial charge < -0.3 is 50.0 Å². The van der Waals surface area contributed by atoms with Crippen LogP contribution >= 0.6 is 7.82 Å². The Bertz CT molecular complexity index is 1430. The van der Waals surface area contributed by atoms with Crippen LogP contribution in [-0.4, -0.2) is 120 Å². The van der Waals surface area contributed by atoms with E-state index < -0.39 is 116 Å². The molecule has 0 spiro atoms. The minimum absolute atomic E-state index is 0.0428. The Morgan fingerprint density at radius 3 is 1.55 bits per heavy atom. The van der Waals surface area contributed by atoms with E-state index >= 15 is 0 Å². The van der Waals surface area contributed by atoms with Gasteiger partial charge in [-0.3, -0.25) is 33.8 Å². The summed E-state index contributed by atoms with van der Waals surface area (Å²) in [5, 5.41) is 94.9. The van der Waals surface area contributed by atoms with E-state index in [4.69, 9.17) is 27.8 Å². The van der Waals surface area contributed by atoms with Crippen LogP contribution in [0.3, 0.4) is 0 Å². The lowest BCUT2D eigenvalue weighted by atomic mass is 9.98. The van der Waals surface area contributed by atoms with Crippen LogP contribution in [0.25, 0.3) is 0 Å². The molecule has 7 N–H and O–H groups in total. The number of hydrogen-bond acceptors (Lipinski definition) is 18. The van der Waals surface area contributed by atoms with Gasteiger partial charge in [0.1, 0.15) is 48.8 Å². The first-order valence-electron chi connectivity index (χ1n) is 14.8. The van der Waals surface area contributed by atoms with E-state index in [0.29, 0.717) is 0 Å². The van der Waals surface area contributed by atoms with E-state index in [-0.39, 0.29) is 11.1 Å². The van der Waals surface area contributed by atoms with Crippen molar-refractivity contribution in [3.8, 4) is 0 Å². The van der Waals surface area contributed by atoms with Crippen LogP contribution in [0.15, 0.2) is 48.5 Å². The van der Waals surface area contributed by atoms with Gasteiger partial charge in [0.05, 0.1) is 46.4 Å². The third-order valence-corrected chi connectivity index (χ3v) is 9.51. The predicted molar refractivity (Wildman–Crippen MR) is 160 cm³/mol. The van der Waals surface area contributed by atoms with Crippen LogP contribution in [0.1, 0.15) is 37.2 Å². The smallest absolute Gasteiger partial charge is 0.394 e. The third kappa shape index (κ3) is 8.82. The third-order valence-electron chi connectivity index (χ3n) is 7.90. The molecule has 2 aromatic carbocycles. The van der Waals surface area contributed by atoms with E-state index in [0.717, 1.165) is 0 Å². The highest BCUT2D eigenvalue weighted by molar-refractivity contribution is 7.48. The van der Waals surface area contributed by atoms with Crippen molar-refractivity contribution in [1.82, 2.24) is 0 Å². The van der Waals surface area contributed by atoms with E-state index in [2.05, 4.69) is 0 Å². The molecule has 0 radical (unpaired) electrons. The van der Waals surface area contributed by atoms with Crippen LogP contribution in [0.2, 0.25) is 0 Å². The summed E-state index contributed by atoms with van der Waals surface area (Å²) in [5.41, 5.74) is -0.883. The predicted octanol–water partition coefficient (Wildman–Crippen LogP) is 0.107. The fraction of sp³-hybridized carbons (Fsp3) is 0.571. The molecular formula is C28H37N2O18P. The lowest BCUT2D eigenvalue weighted by Crippen LogP contribution is -2.63. The molecule has 2 fully saturated rings. The molecule has 272 valence electrons. The molecule has 2 saturated heterocycles. The zero-order chi connectivity index (χ0) is 36.2. The van der Waals surface area contributed by atoms with Gasteiger partial charge in [0.2, 0.25) is 0 Å². The Morgan fingerprint density at radius 1 is 0.714 bits per heavy atom. The van der Waals surface area contributed by atoms with Gasteiger partial charge in [-0.25, -0.2) is 4.57 Å². The highest BCUT2D eigenvalue weighted by Crippen LogP contribution is 2.57. The zero-order valence-electron chi connectivity index (χ0n) is 25.9. The average Bonchev–Trinajstić information content (AvgIpc) is 3.07. The average molecular weight is 721 g/mol. The fourth-order valence-electron chi connectivity index (χ4n) is 5.23. The van der Waals surface area contributed by atoms with Gasteiger partial charge in [-0.2, -0.15) is 0 Å². The molecule has 0 aliphatic carbocycles. The largest absolute Gasteiger partial charge is 0.476 e. The van der Waals surface area contributed by atoms with E-state index in [1.54, 1.807) is 0 Å². The number of ether oxygens (including phenoxy) is 3. The van der Waals surface area contributed by atoms with Crippen molar-refractivity contribution < 1.29 is 77.9 Å². The molecule has 2 aliphatic heterocycles. The van der Waals surface area contributed by atoms with Crippen LogP contribution in [0, 0.1) is 20.2 Å². The first-order chi connectivity index (χ1) is 23.1. The zero-order valence-corrected chi connectivity index (χ0v) is 26.8. The van der Waals surface area contributed by atoms with Crippen molar-refractivity contribution >= 4 is 19.2 Å². The first kappa shape index (κ1) is 38.7. The van der Waals surface area contributed by atoms with Gasteiger partial charge in [0.15, 0.2) is 12.6 Å². The number of aliphatic hydroxyl groups is 7. The van der Waals surface area contributed by atoms with Crippen molar-refractivity contribution in [3.05, 3.63) is 79.9 Å². The summed E-state index contributed by atoms with van der Waals surface area (Å²) in [4.78, 5) is 21.9. The Labute approximate surface area is 277 Å². The summed E-state index contributed by atoms with van der Waals surface area (Å²) < 4.78 is 47.1. The van der Waals surface area contributed by atoms with Crippen LogP contribution in [-0.2, 0) is 32.3 Å². The number of nitro groups is 2. The molecule has 21 heteroatoms. The molecule has 2 heterocycles. The van der Waals surface area contributed by atoms with E-state index in [9.17, 15) is 60.5 Å². The maximum atomic E-state index is 14.2. The Morgan fingerprint density at radius 2 is 1.12 bits per heavy atom. The highest BCUT2D eigenvalue weighted by atomic mass is 31.2. The SMILES string of the molecule is CC(OP(=O)(OCC1O[C@H](O[C@H]2OC(CO)[C@@H](O)C(O)C2O)C(O)[C@@H](O)[C@@H]1O)OC(C)c1ccccc1[N+](=O)[O-])c1ccccc1[N+](=O)[O-]. The number of rotatable bonds is 14. The number of benzene rings is 2. The fourth-order valence-corrected chi connectivity index (χ4v) is 6.73. The second-order valence-corrected chi connectivity index (χ2v) is 12.8. The van der Waals surface area contributed by atoms with Crippen molar-refractivity contribution in [1.29, 1.82) is 0 Å². The van der Waals surface area contributed by atoms with Crippen LogP contribution in [0.5, 0.6) is 0 Å². The summed E-state index contributed by atoms with van der Waals surface area (Å²) in [6.07, 6.45) is -21.1. The number of aliphatic hydroxyl groups excluding tert-OH is 7. The molecule has 7 unspecified atom stereocenters. The van der Waals surface area contributed by atoms with Gasteiger partial charge in [0, 0.05) is 12.1 Å². The van der Waals surface area contributed by atoms with Gasteiger partial charge in [0.25, 0.3) is 11.4 Å². The molecule has 2 aliphatic rings. The van der Waals surface area contributed by atoms with Gasteiger partial charge in [-0.15, -0.1) is 0 Å². The minimum Gasteiger partial charge on any atom is -0.394 e. The number of phosphoric ester groups is 1. The molecule has 0 aromatic heterocycles. The van der Waals surface area contributed by atoms with Crippen molar-refractivity contribution in [2.75, 3.05) is 13.2 Å². The number of nitro benzene ring substituents is 2. The van der Waals surface area contributed by atoms with Crippen LogP contribution in [0.4, 0.5) is 11.4 Å². The second kappa shape index (κ2) is 16.3. The Hall–Kier alpha value is -3.05. The Kier molecular flexibility index (Phi) is 12.9. The number of hydrogen-bond donors (Lipinski definition) is 7. The molecule has 12 atom stereocenters. The quantitative estimate of drug-likeness (QED) is 0.0773. The summed E-state index contributed by atoms with van der Waals surface area (Å²) in [5.74, 6) is 0. The van der Waals surface area contributed by atoms with Crippen LogP contribution < -0.4 is 0 Å². The minimum atomic E-state index is -4.96. The molecule has 4 rings (SSSR count). The summed E-state index contributed by atoms with van der Waals surface area (Å²) in [6, 6.07) is 10.7. The summed E-state index contributed by atoms with van der Waals surface area (Å²) in [6.45, 7) is 0.854. The summed E-state index contributed by atoms with van der Waals surface area (Å²) in [7, 11) is -4.96. The molecule has 2 aromatic rings. The van der Waals surface area contributed by atoms with Crippen molar-refractivity contribution in [2.24, 2.45) is 0 Å². The van der Waals surface area contributed by atoms with E-state index in [1.165, 1.54) is 62.4 Å². The molecule has 0 amide bonds. The van der Waals surface area contributed by atoms with Crippen molar-refractivity contribution in [3.63, 3.8) is 0 Å². The highest BCUT2D eigenvalue weighted by Gasteiger charge is 2.50. The maximum absolute atomic E-state index is 14.2. The maximum Gasteiger partial charge on any atom is 0.476 e. The topological polar surface area (TPSA) is 300 Å². The van der Waals surface area contributed by atoms with Gasteiger partial charge in [-0.05, 0) is 26.0 Å². The number of para-hydroxylation sites is 2. The molecular weight excluding hydrogens is 683 g/mol. The number of phosphoric acid groups is 1. The van der Waals surface area contributed by atoms with Gasteiger partial charge >= 0.3 is 7.82 Å². The molecule has 49 heavy (non-hydrogen) atoms. The van der Waals surface area contributed by atoms with E-state index in [1.807, 2.05) is 0 Å². The van der Waals surface area contributed by atoms with Gasteiger partial charge in [-0.1, -0.05) is 24.3 Å². The van der Waals surface area contributed by atoms with Crippen molar-refractivity contribution in [2.45, 2.75) is 87.5 Å². The lowest BCUT2D eigenvalue weighted by molar-refractivity contribution is -0.386. The normalized spacial score (nSPS) is 32.9. The molecule has 0 saturated carbocycles. The second-order valence-electron chi connectivity index (χ2n) is 11.2.